The molecule has 2 atom stereocenters. The van der Waals surface area contributed by atoms with Crippen LogP contribution in [0.25, 0.3) is 0 Å². The number of likely N-dealkylation sites (tertiary alicyclic amines) is 1. The lowest BCUT2D eigenvalue weighted by Crippen LogP contribution is -2.58. The number of nitrogens with one attached hydrogen (secondary N) is 2. The number of piperidine rings is 1. The van der Waals surface area contributed by atoms with Crippen molar-refractivity contribution in [2.24, 2.45) is 0 Å². The Labute approximate surface area is 220 Å². The Bertz CT molecular complexity index is 1140. The van der Waals surface area contributed by atoms with E-state index in [1.165, 1.54) is 24.1 Å². The molecule has 1 fully saturated rings. The quantitative estimate of drug-likeness (QED) is 0.544. The Morgan fingerprint density at radius 1 is 1.11 bits per heavy atom. The summed E-state index contributed by atoms with van der Waals surface area (Å²) in [6, 6.07) is 9.53. The van der Waals surface area contributed by atoms with Gasteiger partial charge >= 0.3 is 6.09 Å². The molecule has 2 aromatic rings. The zero-order chi connectivity index (χ0) is 27.2. The van der Waals surface area contributed by atoms with Gasteiger partial charge in [0.2, 0.25) is 5.91 Å². The number of carbonyl (C=O) groups is 3. The number of methoxy groups -OCH3 is 1. The summed E-state index contributed by atoms with van der Waals surface area (Å²) in [4.78, 5) is 39.9. The zero-order valence-electron chi connectivity index (χ0n) is 21.2. The molecule has 11 heteroatoms. The predicted molar refractivity (Wildman–Crippen MR) is 136 cm³/mol. The van der Waals surface area contributed by atoms with Gasteiger partial charge in [-0.1, -0.05) is 17.7 Å². The second-order valence-electron chi connectivity index (χ2n) is 9.58. The molecular formula is C26H31ClFN3O6. The predicted octanol–water partition coefficient (Wildman–Crippen LogP) is 4.39. The molecule has 2 N–H and O–H groups in total. The summed E-state index contributed by atoms with van der Waals surface area (Å²) in [6.45, 7) is 4.90. The Balaban J connectivity index is 1.65. The lowest BCUT2D eigenvalue weighted by atomic mass is 9.97. The summed E-state index contributed by atoms with van der Waals surface area (Å²) >= 11 is 5.66. The van der Waals surface area contributed by atoms with Crippen molar-refractivity contribution in [2.75, 3.05) is 25.6 Å². The molecule has 1 aliphatic heterocycles. The average molecular weight is 536 g/mol. The molecule has 200 valence electrons. The minimum absolute atomic E-state index is 0.0498. The molecule has 1 aliphatic rings. The molecule has 9 nitrogen and oxygen atoms in total. The number of hydrogen-bond donors (Lipinski definition) is 2. The van der Waals surface area contributed by atoms with Gasteiger partial charge in [0.25, 0.3) is 5.91 Å². The van der Waals surface area contributed by atoms with Crippen molar-refractivity contribution >= 4 is 35.2 Å². The standard InChI is InChI=1S/C26H31ClFN3O6/c1-26(2,3)37-25(34)31-14-17(29-23(32)15-36-19-9-10-20(27)21(28)13-19)8-11-22(31)24(33)30-16-6-5-7-18(12-16)35-4/h5-7,9-10,12-13,17,22H,8,11,14-15H2,1-4H3,(H,29,32)(H,30,33). The van der Waals surface area contributed by atoms with Gasteiger partial charge in [-0.3, -0.25) is 14.5 Å². The second kappa shape index (κ2) is 12.1. The molecule has 0 aromatic heterocycles. The third kappa shape index (κ3) is 8.24. The van der Waals surface area contributed by atoms with Crippen molar-refractivity contribution in [3.8, 4) is 11.5 Å². The lowest BCUT2D eigenvalue weighted by molar-refractivity contribution is -0.125. The highest BCUT2D eigenvalue weighted by Gasteiger charge is 2.38. The van der Waals surface area contributed by atoms with Gasteiger partial charge in [0.15, 0.2) is 6.61 Å². The smallest absolute Gasteiger partial charge is 0.411 e. The molecule has 1 heterocycles. The van der Waals surface area contributed by atoms with Crippen LogP contribution >= 0.6 is 11.6 Å². The second-order valence-corrected chi connectivity index (χ2v) is 9.98. The number of benzene rings is 2. The first-order valence-corrected chi connectivity index (χ1v) is 12.1. The molecule has 1 saturated heterocycles. The van der Waals surface area contributed by atoms with E-state index in [0.29, 0.717) is 24.3 Å². The van der Waals surface area contributed by atoms with Crippen LogP contribution in [0.4, 0.5) is 14.9 Å². The molecule has 3 rings (SSSR count). The Hall–Kier alpha value is -3.53. The first-order chi connectivity index (χ1) is 17.4. The normalized spacial score (nSPS) is 17.5. The van der Waals surface area contributed by atoms with E-state index < -0.39 is 35.5 Å². The number of ether oxygens (including phenoxy) is 3. The van der Waals surface area contributed by atoms with Gasteiger partial charge in [0.05, 0.1) is 12.1 Å². The van der Waals surface area contributed by atoms with Crippen LogP contribution in [-0.2, 0) is 14.3 Å². The maximum atomic E-state index is 13.6. The van der Waals surface area contributed by atoms with Crippen LogP contribution in [0.3, 0.4) is 0 Å². The first-order valence-electron chi connectivity index (χ1n) is 11.8. The number of hydrogen-bond acceptors (Lipinski definition) is 6. The summed E-state index contributed by atoms with van der Waals surface area (Å²) in [6.07, 6.45) is 0.0742. The fraction of sp³-hybridized carbons (Fsp3) is 0.423. The van der Waals surface area contributed by atoms with Crippen molar-refractivity contribution in [3.05, 3.63) is 53.3 Å². The lowest BCUT2D eigenvalue weighted by Gasteiger charge is -2.39. The molecule has 0 aliphatic carbocycles. The minimum Gasteiger partial charge on any atom is -0.497 e. The third-order valence-corrected chi connectivity index (χ3v) is 5.78. The van der Waals surface area contributed by atoms with E-state index in [1.807, 2.05) is 0 Å². The summed E-state index contributed by atoms with van der Waals surface area (Å²) in [5, 5.41) is 5.58. The number of anilines is 1. The van der Waals surface area contributed by atoms with Crippen molar-refractivity contribution in [2.45, 2.75) is 51.3 Å². The average Bonchev–Trinajstić information content (AvgIpc) is 2.83. The maximum absolute atomic E-state index is 13.6. The summed E-state index contributed by atoms with van der Waals surface area (Å²) in [5.74, 6) is -0.749. The third-order valence-electron chi connectivity index (χ3n) is 5.48. The highest BCUT2D eigenvalue weighted by atomic mass is 35.5. The summed E-state index contributed by atoms with van der Waals surface area (Å²) in [7, 11) is 1.53. The molecular weight excluding hydrogens is 505 g/mol. The van der Waals surface area contributed by atoms with Crippen LogP contribution in [0.5, 0.6) is 11.5 Å². The van der Waals surface area contributed by atoms with Gasteiger partial charge in [-0.05, 0) is 57.9 Å². The van der Waals surface area contributed by atoms with Gasteiger partial charge in [0.1, 0.15) is 29.0 Å². The first kappa shape index (κ1) is 28.0. The van der Waals surface area contributed by atoms with Crippen LogP contribution < -0.4 is 20.1 Å². The fourth-order valence-electron chi connectivity index (χ4n) is 3.79. The molecule has 0 radical (unpaired) electrons. The van der Waals surface area contributed by atoms with Crippen molar-refractivity contribution in [3.63, 3.8) is 0 Å². The van der Waals surface area contributed by atoms with Crippen LogP contribution in [0.2, 0.25) is 5.02 Å². The number of carbonyl (C=O) groups excluding carboxylic acids is 3. The number of rotatable bonds is 7. The van der Waals surface area contributed by atoms with Gasteiger partial charge in [-0.2, -0.15) is 0 Å². The minimum atomic E-state index is -0.803. The maximum Gasteiger partial charge on any atom is 0.411 e. The SMILES string of the molecule is COc1cccc(NC(=O)C2CCC(NC(=O)COc3ccc(Cl)c(F)c3)CN2C(=O)OC(C)(C)C)c1. The van der Waals surface area contributed by atoms with Gasteiger partial charge in [-0.15, -0.1) is 0 Å². The van der Waals surface area contributed by atoms with Gasteiger partial charge in [-0.25, -0.2) is 9.18 Å². The molecule has 2 unspecified atom stereocenters. The topological polar surface area (TPSA) is 106 Å². The van der Waals surface area contributed by atoms with E-state index in [-0.39, 0.29) is 29.8 Å². The van der Waals surface area contributed by atoms with Crippen LogP contribution in [0, 0.1) is 5.82 Å². The summed E-state index contributed by atoms with van der Waals surface area (Å²) < 4.78 is 29.7. The van der Waals surface area contributed by atoms with E-state index in [9.17, 15) is 18.8 Å². The van der Waals surface area contributed by atoms with E-state index in [2.05, 4.69) is 10.6 Å². The molecule has 0 bridgehead atoms. The monoisotopic (exact) mass is 535 g/mol. The Morgan fingerprint density at radius 3 is 2.54 bits per heavy atom. The van der Waals surface area contributed by atoms with Gasteiger partial charge < -0.3 is 24.8 Å². The molecule has 3 amide bonds. The van der Waals surface area contributed by atoms with Crippen LogP contribution in [-0.4, -0.2) is 60.8 Å². The Morgan fingerprint density at radius 2 is 1.86 bits per heavy atom. The number of amides is 3. The van der Waals surface area contributed by atoms with E-state index in [4.69, 9.17) is 25.8 Å². The molecule has 0 spiro atoms. The van der Waals surface area contributed by atoms with Crippen molar-refractivity contribution in [1.82, 2.24) is 10.2 Å². The highest BCUT2D eigenvalue weighted by Crippen LogP contribution is 2.24. The van der Waals surface area contributed by atoms with Crippen LogP contribution in [0.15, 0.2) is 42.5 Å². The van der Waals surface area contributed by atoms with Crippen molar-refractivity contribution in [1.29, 1.82) is 0 Å². The number of halogens is 2. The van der Waals surface area contributed by atoms with Crippen molar-refractivity contribution < 1.29 is 33.0 Å². The van der Waals surface area contributed by atoms with E-state index >= 15 is 0 Å². The van der Waals surface area contributed by atoms with E-state index in [1.54, 1.807) is 45.0 Å². The Kier molecular flexibility index (Phi) is 9.20. The number of nitrogens with zero attached hydrogens (tertiary/aromatic N) is 1. The highest BCUT2D eigenvalue weighted by molar-refractivity contribution is 6.30. The van der Waals surface area contributed by atoms with Crippen LogP contribution in [0.1, 0.15) is 33.6 Å². The fourth-order valence-corrected chi connectivity index (χ4v) is 3.91. The van der Waals surface area contributed by atoms with E-state index in [0.717, 1.165) is 6.07 Å². The summed E-state index contributed by atoms with van der Waals surface area (Å²) in [5.41, 5.74) is -0.248. The molecule has 0 saturated carbocycles. The molecule has 2 aromatic carbocycles. The largest absolute Gasteiger partial charge is 0.497 e. The molecule has 37 heavy (non-hydrogen) atoms. The van der Waals surface area contributed by atoms with Gasteiger partial charge in [0, 0.05) is 30.4 Å². The zero-order valence-corrected chi connectivity index (χ0v) is 21.9.